The van der Waals surface area contributed by atoms with Gasteiger partial charge in [0.25, 0.3) is 0 Å². The van der Waals surface area contributed by atoms with Crippen molar-refractivity contribution < 1.29 is 4.79 Å². The van der Waals surface area contributed by atoms with Crippen LogP contribution < -0.4 is 4.90 Å². The van der Waals surface area contributed by atoms with E-state index < -0.39 is 4.32 Å². The van der Waals surface area contributed by atoms with Crippen LogP contribution in [-0.4, -0.2) is 17.3 Å². The van der Waals surface area contributed by atoms with E-state index in [1.54, 1.807) is 4.90 Å². The molecule has 16 heavy (non-hydrogen) atoms. The quantitative estimate of drug-likeness (QED) is 0.762. The van der Waals surface area contributed by atoms with Gasteiger partial charge in [0.05, 0.1) is 4.32 Å². The summed E-state index contributed by atoms with van der Waals surface area (Å²) in [6.45, 7) is 7.78. The summed E-state index contributed by atoms with van der Waals surface area (Å²) in [5.41, 5.74) is 3.29. The van der Waals surface area contributed by atoms with Gasteiger partial charge in [0.15, 0.2) is 0 Å². The van der Waals surface area contributed by atoms with Gasteiger partial charge in [0.2, 0.25) is 5.91 Å². The molecule has 0 aliphatic heterocycles. The topological polar surface area (TPSA) is 20.3 Å². The lowest BCUT2D eigenvalue weighted by Gasteiger charge is -2.26. The highest BCUT2D eigenvalue weighted by Crippen LogP contribution is 2.25. The number of amides is 1. The Bertz CT molecular complexity index is 407. The Kier molecular flexibility index (Phi) is 3.79. The molecule has 0 heterocycles. The van der Waals surface area contributed by atoms with Crippen molar-refractivity contribution in [3.8, 4) is 0 Å². The fraction of sp³-hybridized carbons (Fsp3) is 0.462. The Balaban J connectivity index is 3.06. The van der Waals surface area contributed by atoms with Crippen molar-refractivity contribution in [2.45, 2.75) is 32.0 Å². The first-order valence-electron chi connectivity index (χ1n) is 5.28. The van der Waals surface area contributed by atoms with E-state index >= 15 is 0 Å². The third-order valence-corrected chi connectivity index (χ3v) is 2.87. The van der Waals surface area contributed by atoms with E-state index in [2.05, 4.69) is 22.0 Å². The predicted molar refractivity (Wildman–Crippen MR) is 72.3 cm³/mol. The van der Waals surface area contributed by atoms with Gasteiger partial charge in [0.1, 0.15) is 0 Å². The maximum Gasteiger partial charge on any atom is 0.243 e. The number of alkyl halides is 1. The molecule has 0 bridgehead atoms. The van der Waals surface area contributed by atoms with Gasteiger partial charge in [-0.15, -0.1) is 0 Å². The molecule has 88 valence electrons. The second-order valence-corrected chi connectivity index (χ2v) is 6.61. The van der Waals surface area contributed by atoms with Gasteiger partial charge in [-0.2, -0.15) is 0 Å². The molecule has 0 aliphatic rings. The Hall–Kier alpha value is -0.830. The first kappa shape index (κ1) is 13.2. The molecule has 3 heteroatoms. The Labute approximate surface area is 106 Å². The van der Waals surface area contributed by atoms with Crippen LogP contribution in [-0.2, 0) is 4.79 Å². The van der Waals surface area contributed by atoms with Crippen LogP contribution in [0, 0.1) is 13.8 Å². The Morgan fingerprint density at radius 3 is 2.31 bits per heavy atom. The number of benzene rings is 1. The van der Waals surface area contributed by atoms with E-state index in [0.29, 0.717) is 0 Å². The van der Waals surface area contributed by atoms with Crippen LogP contribution in [0.15, 0.2) is 18.2 Å². The molecule has 1 aromatic carbocycles. The second-order valence-electron chi connectivity index (χ2n) is 4.63. The monoisotopic (exact) mass is 283 g/mol. The number of aryl methyl sites for hydroxylation is 2. The van der Waals surface area contributed by atoms with Crippen molar-refractivity contribution in [2.24, 2.45) is 0 Å². The second kappa shape index (κ2) is 4.58. The van der Waals surface area contributed by atoms with Gasteiger partial charge < -0.3 is 4.90 Å². The molecule has 0 atom stereocenters. The summed E-state index contributed by atoms with van der Waals surface area (Å²) in [6.07, 6.45) is 0. The molecule has 0 fully saturated rings. The highest BCUT2D eigenvalue weighted by molar-refractivity contribution is 9.10. The Morgan fingerprint density at radius 1 is 1.31 bits per heavy atom. The highest BCUT2D eigenvalue weighted by Gasteiger charge is 2.28. The zero-order chi connectivity index (χ0) is 12.5. The number of halogens is 1. The third-order valence-electron chi connectivity index (χ3n) is 2.53. The molecule has 0 aromatic heterocycles. The zero-order valence-electron chi connectivity index (χ0n) is 10.5. The van der Waals surface area contributed by atoms with Crippen molar-refractivity contribution in [2.75, 3.05) is 11.9 Å². The molecule has 0 saturated carbocycles. The summed E-state index contributed by atoms with van der Waals surface area (Å²) in [7, 11) is 1.81. The van der Waals surface area contributed by atoms with Crippen LogP contribution in [0.1, 0.15) is 25.0 Å². The average molecular weight is 284 g/mol. The fourth-order valence-electron chi connectivity index (χ4n) is 1.69. The van der Waals surface area contributed by atoms with Crippen LogP contribution >= 0.6 is 15.9 Å². The van der Waals surface area contributed by atoms with Crippen molar-refractivity contribution in [3.05, 3.63) is 29.3 Å². The normalized spacial score (nSPS) is 11.4. The molecule has 0 spiro atoms. The summed E-state index contributed by atoms with van der Waals surface area (Å²) < 4.78 is -0.529. The molecular formula is C13H18BrNO. The van der Waals surface area contributed by atoms with Crippen molar-refractivity contribution >= 4 is 27.5 Å². The number of rotatable bonds is 2. The lowest BCUT2D eigenvalue weighted by atomic mass is 10.1. The summed E-state index contributed by atoms with van der Waals surface area (Å²) in [5.74, 6) is 0.0550. The van der Waals surface area contributed by atoms with Gasteiger partial charge >= 0.3 is 0 Å². The predicted octanol–water partition coefficient (Wildman–Crippen LogP) is 3.44. The van der Waals surface area contributed by atoms with E-state index in [-0.39, 0.29) is 5.91 Å². The largest absolute Gasteiger partial charge is 0.314 e. The molecule has 2 nitrogen and oxygen atoms in total. The summed E-state index contributed by atoms with van der Waals surface area (Å²) in [4.78, 5) is 13.8. The van der Waals surface area contributed by atoms with E-state index in [1.807, 2.05) is 46.9 Å². The number of anilines is 1. The first-order chi connectivity index (χ1) is 7.23. The molecule has 1 amide bonds. The van der Waals surface area contributed by atoms with Gasteiger partial charge in [-0.25, -0.2) is 0 Å². The standard InChI is InChI=1S/C13H18BrNO/c1-9-6-7-11(10(2)8-9)15(5)12(16)13(3,4)14/h6-8H,1-5H3. The fourth-order valence-corrected chi connectivity index (χ4v) is 1.96. The SMILES string of the molecule is Cc1ccc(N(C)C(=O)C(C)(C)Br)c(C)c1. The number of carbonyl (C=O) groups is 1. The van der Waals surface area contributed by atoms with Gasteiger partial charge in [-0.3, -0.25) is 4.79 Å². The molecule has 1 rings (SSSR count). The summed E-state index contributed by atoms with van der Waals surface area (Å²) >= 11 is 3.39. The molecule has 1 aromatic rings. The summed E-state index contributed by atoms with van der Waals surface area (Å²) in [5, 5.41) is 0. The minimum absolute atomic E-state index is 0.0550. The van der Waals surface area contributed by atoms with Crippen LogP contribution in [0.25, 0.3) is 0 Å². The highest BCUT2D eigenvalue weighted by atomic mass is 79.9. The molecule has 0 unspecified atom stereocenters. The number of carbonyl (C=O) groups excluding carboxylic acids is 1. The van der Waals surface area contributed by atoms with Gasteiger partial charge in [-0.1, -0.05) is 33.6 Å². The lowest BCUT2D eigenvalue weighted by Crippen LogP contribution is -2.39. The van der Waals surface area contributed by atoms with Crippen LogP contribution in [0.5, 0.6) is 0 Å². The Morgan fingerprint density at radius 2 is 1.88 bits per heavy atom. The zero-order valence-corrected chi connectivity index (χ0v) is 12.1. The maximum absolute atomic E-state index is 12.1. The summed E-state index contributed by atoms with van der Waals surface area (Å²) in [6, 6.07) is 6.09. The van der Waals surface area contributed by atoms with Gasteiger partial charge in [0, 0.05) is 12.7 Å². The first-order valence-corrected chi connectivity index (χ1v) is 6.07. The maximum atomic E-state index is 12.1. The van der Waals surface area contributed by atoms with Gasteiger partial charge in [-0.05, 0) is 39.3 Å². The third kappa shape index (κ3) is 2.85. The lowest BCUT2D eigenvalue weighted by molar-refractivity contribution is -0.119. The number of hydrogen-bond donors (Lipinski definition) is 0. The molecule has 0 aliphatic carbocycles. The van der Waals surface area contributed by atoms with Crippen molar-refractivity contribution in [3.63, 3.8) is 0 Å². The van der Waals surface area contributed by atoms with Crippen LogP contribution in [0.2, 0.25) is 0 Å². The van der Waals surface area contributed by atoms with Crippen molar-refractivity contribution in [1.82, 2.24) is 0 Å². The van der Waals surface area contributed by atoms with E-state index in [9.17, 15) is 4.79 Å². The van der Waals surface area contributed by atoms with E-state index in [0.717, 1.165) is 11.3 Å². The molecule has 0 N–H and O–H groups in total. The smallest absolute Gasteiger partial charge is 0.243 e. The number of hydrogen-bond acceptors (Lipinski definition) is 1. The van der Waals surface area contributed by atoms with E-state index in [4.69, 9.17) is 0 Å². The molecule has 0 saturated heterocycles. The molecular weight excluding hydrogens is 266 g/mol. The van der Waals surface area contributed by atoms with E-state index in [1.165, 1.54) is 5.56 Å². The van der Waals surface area contributed by atoms with Crippen LogP contribution in [0.3, 0.4) is 0 Å². The molecule has 0 radical (unpaired) electrons. The van der Waals surface area contributed by atoms with Crippen LogP contribution in [0.4, 0.5) is 5.69 Å². The average Bonchev–Trinajstić information content (AvgIpc) is 2.14. The van der Waals surface area contributed by atoms with Crippen molar-refractivity contribution in [1.29, 1.82) is 0 Å². The minimum atomic E-state index is -0.529. The number of nitrogens with zero attached hydrogens (tertiary/aromatic N) is 1. The minimum Gasteiger partial charge on any atom is -0.314 e.